The normalized spacial score (nSPS) is 11.4. The van der Waals surface area contributed by atoms with E-state index in [4.69, 9.17) is 0 Å². The molecule has 0 saturated carbocycles. The molecule has 0 aliphatic heterocycles. The number of hydrogen-bond acceptors (Lipinski definition) is 4. The van der Waals surface area contributed by atoms with E-state index in [0.717, 1.165) is 6.07 Å². The lowest BCUT2D eigenvalue weighted by Crippen LogP contribution is -2.20. The summed E-state index contributed by atoms with van der Waals surface area (Å²) in [5.41, 5.74) is 1.35. The minimum Gasteiger partial charge on any atom is -0.466 e. The second-order valence-electron chi connectivity index (χ2n) is 3.96. The molecule has 2 heterocycles. The molecule has 4 nitrogen and oxygen atoms in total. The number of aryl methyl sites for hydroxylation is 1. The van der Waals surface area contributed by atoms with Crippen LogP contribution in [0, 0.1) is 12.7 Å². The maximum atomic E-state index is 13.6. The van der Waals surface area contributed by atoms with Crippen molar-refractivity contribution in [2.45, 2.75) is 13.1 Å². The van der Waals surface area contributed by atoms with Crippen molar-refractivity contribution >= 4 is 0 Å². The molecular weight excluding hydrogens is 278 g/mol. The fourth-order valence-corrected chi connectivity index (χ4v) is 1.36. The van der Waals surface area contributed by atoms with Gasteiger partial charge in [0.2, 0.25) is 0 Å². The first-order valence-corrected chi connectivity index (χ1v) is 5.49. The molecule has 0 atom stereocenters. The molecule has 0 aliphatic carbocycles. The van der Waals surface area contributed by atoms with Gasteiger partial charge in [-0.05, 0) is 13.0 Å². The summed E-state index contributed by atoms with van der Waals surface area (Å²) in [5, 5.41) is 0. The van der Waals surface area contributed by atoms with Gasteiger partial charge in [0.1, 0.15) is 0 Å². The molecule has 0 radical (unpaired) electrons. The van der Waals surface area contributed by atoms with Crippen LogP contribution in [0.3, 0.4) is 0 Å². The first-order chi connectivity index (χ1) is 9.35. The number of ether oxygens (including phenoxy) is 1. The molecule has 0 saturated heterocycles. The highest BCUT2D eigenvalue weighted by Crippen LogP contribution is 2.23. The molecule has 0 aromatic carbocycles. The lowest BCUT2D eigenvalue weighted by molar-refractivity contribution is -0.154. The van der Waals surface area contributed by atoms with Gasteiger partial charge in [0.25, 0.3) is 5.88 Å². The summed E-state index contributed by atoms with van der Waals surface area (Å²) in [6.07, 6.45) is -0.466. The zero-order valence-electron chi connectivity index (χ0n) is 10.3. The second kappa shape index (κ2) is 5.40. The van der Waals surface area contributed by atoms with E-state index in [1.165, 1.54) is 18.6 Å². The predicted molar refractivity (Wildman–Crippen MR) is 61.5 cm³/mol. The number of rotatable bonds is 3. The van der Waals surface area contributed by atoms with Crippen LogP contribution in [0.2, 0.25) is 0 Å². The Morgan fingerprint density at radius 2 is 1.85 bits per heavy atom. The molecule has 2 rings (SSSR count). The molecule has 106 valence electrons. The van der Waals surface area contributed by atoms with Crippen molar-refractivity contribution < 1.29 is 22.3 Å². The minimum atomic E-state index is -4.55. The van der Waals surface area contributed by atoms with Gasteiger partial charge in [0.05, 0.1) is 17.6 Å². The molecule has 0 amide bonds. The third-order valence-electron chi connectivity index (χ3n) is 2.26. The van der Waals surface area contributed by atoms with Crippen LogP contribution in [0.15, 0.2) is 24.7 Å². The van der Waals surface area contributed by atoms with Gasteiger partial charge < -0.3 is 4.74 Å². The molecular formula is C12H9F4N3O. The topological polar surface area (TPSA) is 47.9 Å². The molecule has 20 heavy (non-hydrogen) atoms. The Hall–Kier alpha value is -2.25. The smallest absolute Gasteiger partial charge is 0.422 e. The van der Waals surface area contributed by atoms with E-state index in [1.54, 1.807) is 6.92 Å². The van der Waals surface area contributed by atoms with Crippen LogP contribution in [-0.4, -0.2) is 27.7 Å². The molecule has 0 fully saturated rings. The lowest BCUT2D eigenvalue weighted by atomic mass is 10.2. The van der Waals surface area contributed by atoms with Crippen LogP contribution in [-0.2, 0) is 0 Å². The number of nitrogens with zero attached hydrogens (tertiary/aromatic N) is 3. The zero-order valence-corrected chi connectivity index (χ0v) is 10.3. The third kappa shape index (κ3) is 3.62. The van der Waals surface area contributed by atoms with E-state index in [2.05, 4.69) is 19.7 Å². The van der Waals surface area contributed by atoms with Gasteiger partial charge >= 0.3 is 6.18 Å². The largest absolute Gasteiger partial charge is 0.466 e. The van der Waals surface area contributed by atoms with Crippen molar-refractivity contribution in [1.29, 1.82) is 0 Å². The summed E-state index contributed by atoms with van der Waals surface area (Å²) >= 11 is 0. The van der Waals surface area contributed by atoms with Crippen LogP contribution in [0.4, 0.5) is 17.6 Å². The Bertz CT molecular complexity index is 599. The minimum absolute atomic E-state index is 0.300. The Morgan fingerprint density at radius 3 is 2.40 bits per heavy atom. The van der Waals surface area contributed by atoms with E-state index < -0.39 is 24.5 Å². The number of alkyl halides is 3. The second-order valence-corrected chi connectivity index (χ2v) is 3.96. The van der Waals surface area contributed by atoms with Crippen molar-refractivity contribution in [2.75, 3.05) is 6.61 Å². The number of aromatic nitrogens is 3. The van der Waals surface area contributed by atoms with Gasteiger partial charge in [-0.3, -0.25) is 9.97 Å². The quantitative estimate of drug-likeness (QED) is 0.814. The summed E-state index contributed by atoms with van der Waals surface area (Å²) in [7, 11) is 0. The number of halogens is 4. The Balaban J connectivity index is 2.19. The average molecular weight is 287 g/mol. The fraction of sp³-hybridized carbons (Fsp3) is 0.250. The van der Waals surface area contributed by atoms with Crippen molar-refractivity contribution in [1.82, 2.24) is 15.0 Å². The summed E-state index contributed by atoms with van der Waals surface area (Å²) < 4.78 is 53.7. The van der Waals surface area contributed by atoms with Crippen LogP contribution in [0.5, 0.6) is 5.88 Å². The van der Waals surface area contributed by atoms with Gasteiger partial charge in [-0.1, -0.05) is 0 Å². The van der Waals surface area contributed by atoms with E-state index in [-0.39, 0.29) is 0 Å². The van der Waals surface area contributed by atoms with Gasteiger partial charge in [0, 0.05) is 18.0 Å². The molecule has 2 aromatic rings. The van der Waals surface area contributed by atoms with Crippen molar-refractivity contribution in [3.63, 3.8) is 0 Å². The molecule has 8 heteroatoms. The Morgan fingerprint density at radius 1 is 1.10 bits per heavy atom. The van der Waals surface area contributed by atoms with Crippen molar-refractivity contribution in [2.24, 2.45) is 0 Å². The first-order valence-electron chi connectivity index (χ1n) is 5.49. The Labute approximate surface area is 111 Å². The van der Waals surface area contributed by atoms with E-state index in [9.17, 15) is 17.6 Å². The van der Waals surface area contributed by atoms with Crippen molar-refractivity contribution in [3.05, 3.63) is 36.2 Å². The molecule has 0 unspecified atom stereocenters. The molecule has 0 bridgehead atoms. The summed E-state index contributed by atoms with van der Waals surface area (Å²) in [4.78, 5) is 11.5. The van der Waals surface area contributed by atoms with Crippen LogP contribution >= 0.6 is 0 Å². The molecule has 0 spiro atoms. The van der Waals surface area contributed by atoms with Gasteiger partial charge in [-0.2, -0.15) is 13.2 Å². The van der Waals surface area contributed by atoms with E-state index in [1.807, 2.05) is 0 Å². The van der Waals surface area contributed by atoms with Crippen LogP contribution in [0.1, 0.15) is 5.69 Å². The van der Waals surface area contributed by atoms with Gasteiger partial charge in [-0.25, -0.2) is 9.37 Å². The monoisotopic (exact) mass is 287 g/mol. The highest BCUT2D eigenvalue weighted by molar-refractivity contribution is 5.57. The fourth-order valence-electron chi connectivity index (χ4n) is 1.36. The maximum absolute atomic E-state index is 13.6. The predicted octanol–water partition coefficient (Wildman–Crippen LogP) is 2.93. The maximum Gasteiger partial charge on any atom is 0.422 e. The van der Waals surface area contributed by atoms with Crippen LogP contribution < -0.4 is 4.74 Å². The SMILES string of the molecule is Cc1cnc(-c2cnc(OCC(F)(F)F)c(F)c2)cn1. The molecule has 2 aromatic heterocycles. The summed E-state index contributed by atoms with van der Waals surface area (Å²) in [6, 6.07) is 0.998. The number of hydrogen-bond donors (Lipinski definition) is 0. The molecule has 0 aliphatic rings. The van der Waals surface area contributed by atoms with Gasteiger partial charge in [0.15, 0.2) is 12.4 Å². The number of pyridine rings is 1. The lowest BCUT2D eigenvalue weighted by Gasteiger charge is -2.09. The summed E-state index contributed by atoms with van der Waals surface area (Å²) in [5.74, 6) is -1.69. The van der Waals surface area contributed by atoms with Crippen molar-refractivity contribution in [3.8, 4) is 17.1 Å². The third-order valence-corrected chi connectivity index (χ3v) is 2.26. The van der Waals surface area contributed by atoms with Crippen LogP contribution in [0.25, 0.3) is 11.3 Å². The highest BCUT2D eigenvalue weighted by atomic mass is 19.4. The van der Waals surface area contributed by atoms with E-state index >= 15 is 0 Å². The summed E-state index contributed by atoms with van der Waals surface area (Å²) in [6.45, 7) is 0.143. The zero-order chi connectivity index (χ0) is 14.8. The first kappa shape index (κ1) is 14.2. The molecule has 0 N–H and O–H groups in total. The van der Waals surface area contributed by atoms with E-state index in [0.29, 0.717) is 17.0 Å². The Kier molecular flexibility index (Phi) is 3.82. The highest BCUT2D eigenvalue weighted by Gasteiger charge is 2.29. The van der Waals surface area contributed by atoms with Gasteiger partial charge in [-0.15, -0.1) is 0 Å². The average Bonchev–Trinajstić information content (AvgIpc) is 2.37. The standard InChI is InChI=1S/C12H9F4N3O/c1-7-3-18-10(5-17-7)8-2-9(13)11(19-4-8)20-6-12(14,15)16/h2-5H,6H2,1H3.